The van der Waals surface area contributed by atoms with Crippen LogP contribution in [0.2, 0.25) is 0 Å². The molecule has 1 aromatic rings. The summed E-state index contributed by atoms with van der Waals surface area (Å²) in [5.74, 6) is 0. The monoisotopic (exact) mass is 178 g/mol. The third kappa shape index (κ3) is 1.86. The Kier molecular flexibility index (Phi) is 3.30. The van der Waals surface area contributed by atoms with Gasteiger partial charge in [0.25, 0.3) is 0 Å². The third-order valence-corrected chi connectivity index (χ3v) is 2.85. The normalized spacial score (nSPS) is 15.8. The van der Waals surface area contributed by atoms with E-state index < -0.39 is 0 Å². The highest BCUT2D eigenvalue weighted by molar-refractivity contribution is 7.07. The zero-order valence-electron chi connectivity index (χ0n) is 7.79. The highest BCUT2D eigenvalue weighted by Crippen LogP contribution is 1.94. The summed E-state index contributed by atoms with van der Waals surface area (Å²) < 4.78 is 1.38. The molecule has 0 aromatic carbocycles. The largest absolute Gasteiger partial charge is 0.144 e. The molecule has 1 aromatic heterocycles. The van der Waals surface area contributed by atoms with Crippen LogP contribution in [0.25, 0.3) is 11.6 Å². The van der Waals surface area contributed by atoms with Crippen LogP contribution in [0.1, 0.15) is 20.8 Å². The molecule has 1 rings (SSSR count). The number of thiophene rings is 1. The van der Waals surface area contributed by atoms with Crippen LogP contribution in [0, 0.1) is 0 Å². The van der Waals surface area contributed by atoms with Crippen LogP contribution in [-0.4, -0.2) is 0 Å². The van der Waals surface area contributed by atoms with Crippen molar-refractivity contribution in [3.63, 3.8) is 0 Å². The van der Waals surface area contributed by atoms with E-state index in [1.54, 1.807) is 11.3 Å². The van der Waals surface area contributed by atoms with Crippen LogP contribution in [0.5, 0.6) is 0 Å². The van der Waals surface area contributed by atoms with Gasteiger partial charge in [-0.15, -0.1) is 11.3 Å². The van der Waals surface area contributed by atoms with Crippen molar-refractivity contribution >= 4 is 23.0 Å². The fourth-order valence-electron chi connectivity index (χ4n) is 1.19. The molecule has 0 N–H and O–H groups in total. The van der Waals surface area contributed by atoms with Crippen molar-refractivity contribution in [1.82, 2.24) is 0 Å². The molecular formula is C11H14S. The lowest BCUT2D eigenvalue weighted by Gasteiger charge is -1.86. The molecule has 0 nitrogen and oxygen atoms in total. The molecule has 0 bridgehead atoms. The van der Waals surface area contributed by atoms with Crippen LogP contribution in [-0.2, 0) is 0 Å². The molecule has 0 spiro atoms. The van der Waals surface area contributed by atoms with Gasteiger partial charge in [0.2, 0.25) is 0 Å². The zero-order chi connectivity index (χ0) is 8.97. The average Bonchev–Trinajstić information content (AvgIpc) is 2.51. The minimum Gasteiger partial charge on any atom is -0.144 e. The van der Waals surface area contributed by atoms with E-state index in [2.05, 4.69) is 43.5 Å². The minimum atomic E-state index is 1.34. The lowest BCUT2D eigenvalue weighted by Crippen LogP contribution is -2.18. The Labute approximate surface area is 77.6 Å². The standard InChI is InChI=1S/C11H14S/c1-4-6-9(3)11-10(5-2)7-8-12-11/h4-8H,1-3H3/b6-4-,10-5+,11-9+. The van der Waals surface area contributed by atoms with E-state index in [1.807, 2.05) is 6.92 Å². The Balaban J connectivity index is 3.44. The molecule has 12 heavy (non-hydrogen) atoms. The second kappa shape index (κ2) is 4.27. The van der Waals surface area contributed by atoms with Gasteiger partial charge in [-0.25, -0.2) is 0 Å². The Bertz CT molecular complexity index is 379. The van der Waals surface area contributed by atoms with E-state index in [9.17, 15) is 0 Å². The quantitative estimate of drug-likeness (QED) is 0.619. The molecule has 64 valence electrons. The first-order chi connectivity index (χ1) is 5.79. The van der Waals surface area contributed by atoms with Gasteiger partial charge in [0.1, 0.15) is 0 Å². The molecular weight excluding hydrogens is 164 g/mol. The smallest absolute Gasteiger partial charge is 0.0368 e. The maximum Gasteiger partial charge on any atom is 0.0368 e. The summed E-state index contributed by atoms with van der Waals surface area (Å²) in [7, 11) is 0. The summed E-state index contributed by atoms with van der Waals surface area (Å²) in [6, 6.07) is 2.16. The van der Waals surface area contributed by atoms with Crippen molar-refractivity contribution in [3.8, 4) is 0 Å². The van der Waals surface area contributed by atoms with Crippen molar-refractivity contribution in [3.05, 3.63) is 33.3 Å². The van der Waals surface area contributed by atoms with Crippen LogP contribution >= 0.6 is 11.3 Å². The van der Waals surface area contributed by atoms with E-state index in [0.717, 1.165) is 0 Å². The summed E-state index contributed by atoms with van der Waals surface area (Å²) in [5, 5.41) is 3.48. The summed E-state index contributed by atoms with van der Waals surface area (Å²) in [5.41, 5.74) is 1.35. The molecule has 0 saturated heterocycles. The summed E-state index contributed by atoms with van der Waals surface area (Å²) in [6.07, 6.45) is 6.38. The van der Waals surface area contributed by atoms with E-state index in [4.69, 9.17) is 0 Å². The number of hydrogen-bond donors (Lipinski definition) is 0. The maximum atomic E-state index is 2.16. The zero-order valence-corrected chi connectivity index (χ0v) is 8.61. The SMILES string of the molecule is C\C=C/C(C)=c1/scc/c1=C\C. The van der Waals surface area contributed by atoms with Gasteiger partial charge in [-0.05, 0) is 43.0 Å². The third-order valence-electron chi connectivity index (χ3n) is 1.78. The molecule has 0 fully saturated rings. The maximum absolute atomic E-state index is 2.16. The highest BCUT2D eigenvalue weighted by Gasteiger charge is 1.88. The molecule has 0 saturated carbocycles. The van der Waals surface area contributed by atoms with Gasteiger partial charge < -0.3 is 0 Å². The molecule has 0 aliphatic carbocycles. The lowest BCUT2D eigenvalue weighted by atomic mass is 10.2. The minimum absolute atomic E-state index is 1.34. The fourth-order valence-corrected chi connectivity index (χ4v) is 2.12. The first kappa shape index (κ1) is 9.27. The molecule has 1 heterocycles. The summed E-state index contributed by atoms with van der Waals surface area (Å²) >= 11 is 1.80. The lowest BCUT2D eigenvalue weighted by molar-refractivity contribution is 1.59. The topological polar surface area (TPSA) is 0 Å². The van der Waals surface area contributed by atoms with Gasteiger partial charge >= 0.3 is 0 Å². The second-order valence-corrected chi connectivity index (χ2v) is 3.59. The van der Waals surface area contributed by atoms with Crippen molar-refractivity contribution < 1.29 is 0 Å². The average molecular weight is 178 g/mol. The molecule has 1 heteroatoms. The number of allylic oxidation sites excluding steroid dienone is 2. The van der Waals surface area contributed by atoms with Gasteiger partial charge in [-0.2, -0.15) is 0 Å². The van der Waals surface area contributed by atoms with Crippen molar-refractivity contribution in [2.24, 2.45) is 0 Å². The number of rotatable bonds is 1. The Hall–Kier alpha value is -0.820. The van der Waals surface area contributed by atoms with Crippen LogP contribution < -0.4 is 9.75 Å². The van der Waals surface area contributed by atoms with Gasteiger partial charge in [-0.1, -0.05) is 18.2 Å². The van der Waals surface area contributed by atoms with Crippen molar-refractivity contribution in [1.29, 1.82) is 0 Å². The Morgan fingerprint density at radius 3 is 2.75 bits per heavy atom. The summed E-state index contributed by atoms with van der Waals surface area (Å²) in [4.78, 5) is 0. The predicted molar refractivity (Wildman–Crippen MR) is 57.6 cm³/mol. The van der Waals surface area contributed by atoms with E-state index in [1.165, 1.54) is 15.3 Å². The van der Waals surface area contributed by atoms with Gasteiger partial charge in [0, 0.05) is 4.53 Å². The van der Waals surface area contributed by atoms with Gasteiger partial charge in [0.05, 0.1) is 0 Å². The first-order valence-corrected chi connectivity index (χ1v) is 5.01. The van der Waals surface area contributed by atoms with Gasteiger partial charge in [-0.3, -0.25) is 0 Å². The Morgan fingerprint density at radius 2 is 2.17 bits per heavy atom. The molecule has 0 atom stereocenters. The fraction of sp³-hybridized carbons (Fsp3) is 0.273. The molecule has 0 amide bonds. The van der Waals surface area contributed by atoms with Crippen molar-refractivity contribution in [2.75, 3.05) is 0 Å². The van der Waals surface area contributed by atoms with Crippen LogP contribution in [0.3, 0.4) is 0 Å². The number of hydrogen-bond acceptors (Lipinski definition) is 1. The van der Waals surface area contributed by atoms with Gasteiger partial charge in [0.15, 0.2) is 0 Å². The summed E-state index contributed by atoms with van der Waals surface area (Å²) in [6.45, 7) is 6.28. The van der Waals surface area contributed by atoms with E-state index >= 15 is 0 Å². The second-order valence-electron chi connectivity index (χ2n) is 2.68. The Morgan fingerprint density at radius 1 is 1.42 bits per heavy atom. The predicted octanol–water partition coefficient (Wildman–Crippen LogP) is 2.30. The highest BCUT2D eigenvalue weighted by atomic mass is 32.1. The molecule has 0 radical (unpaired) electrons. The van der Waals surface area contributed by atoms with Crippen LogP contribution in [0.15, 0.2) is 23.6 Å². The molecule has 0 unspecified atom stereocenters. The molecule has 0 aliphatic rings. The van der Waals surface area contributed by atoms with Crippen molar-refractivity contribution in [2.45, 2.75) is 20.8 Å². The van der Waals surface area contributed by atoms with E-state index in [0.29, 0.717) is 0 Å². The van der Waals surface area contributed by atoms with E-state index in [-0.39, 0.29) is 0 Å². The first-order valence-electron chi connectivity index (χ1n) is 4.13. The molecule has 0 aliphatic heterocycles. The van der Waals surface area contributed by atoms with Crippen LogP contribution in [0.4, 0.5) is 0 Å².